The fraction of sp³-hybridized carbons (Fsp3) is 0.174. The van der Waals surface area contributed by atoms with Crippen LogP contribution in [-0.4, -0.2) is 34.9 Å². The Morgan fingerprint density at radius 3 is 2.26 bits per heavy atom. The van der Waals surface area contributed by atoms with E-state index in [2.05, 4.69) is 10.4 Å². The van der Waals surface area contributed by atoms with Crippen molar-refractivity contribution in [2.75, 3.05) is 14.2 Å². The largest absolute Gasteiger partial charge is 0.497 e. The number of hydrogen-bond donors (Lipinski definition) is 3. The minimum Gasteiger partial charge on any atom is -0.497 e. The monoisotopic (exact) mass is 519 g/mol. The van der Waals surface area contributed by atoms with Gasteiger partial charge in [-0.3, -0.25) is 9.88 Å². The SMILES string of the molecule is COc1ccc(/C=N/N(C)[PH](=S)Oc2ccc(C(NCc3ccccc3)P(=O)(O)O)cc2)cc1. The van der Waals surface area contributed by atoms with Gasteiger partial charge < -0.3 is 19.0 Å². The predicted octanol–water partition coefficient (Wildman–Crippen LogP) is 4.51. The molecule has 0 heterocycles. The molecule has 0 radical (unpaired) electrons. The van der Waals surface area contributed by atoms with Crippen molar-refractivity contribution in [2.24, 2.45) is 5.10 Å². The molecule has 0 aliphatic heterocycles. The van der Waals surface area contributed by atoms with Crippen molar-refractivity contribution in [1.29, 1.82) is 0 Å². The van der Waals surface area contributed by atoms with Crippen molar-refractivity contribution in [3.05, 3.63) is 95.6 Å². The third-order valence-electron chi connectivity index (χ3n) is 4.84. The zero-order valence-corrected chi connectivity index (χ0v) is 21.4. The van der Waals surface area contributed by atoms with E-state index in [0.29, 0.717) is 17.9 Å². The number of hydrazone groups is 1. The first-order chi connectivity index (χ1) is 16.3. The van der Waals surface area contributed by atoms with Gasteiger partial charge in [0.1, 0.15) is 17.3 Å². The molecule has 0 saturated heterocycles. The molecular weight excluding hydrogens is 492 g/mol. The average Bonchev–Trinajstić information content (AvgIpc) is 2.83. The maximum absolute atomic E-state index is 12.1. The smallest absolute Gasteiger partial charge is 0.346 e. The third-order valence-corrected chi connectivity index (χ3v) is 8.09. The van der Waals surface area contributed by atoms with Gasteiger partial charge in [-0.05, 0) is 64.9 Å². The lowest BCUT2D eigenvalue weighted by atomic mass is 10.2. The van der Waals surface area contributed by atoms with Crippen LogP contribution in [0, 0.1) is 0 Å². The zero-order valence-electron chi connectivity index (χ0n) is 18.7. The first kappa shape index (κ1) is 26.1. The number of rotatable bonds is 11. The molecule has 3 aromatic carbocycles. The first-order valence-corrected chi connectivity index (χ1v) is 14.5. The van der Waals surface area contributed by atoms with E-state index in [1.807, 2.05) is 54.6 Å². The lowest BCUT2D eigenvalue weighted by Crippen LogP contribution is -2.21. The van der Waals surface area contributed by atoms with E-state index in [-0.39, 0.29) is 0 Å². The molecule has 8 nitrogen and oxygen atoms in total. The summed E-state index contributed by atoms with van der Waals surface area (Å²) in [6.07, 6.45) is 1.69. The van der Waals surface area contributed by atoms with Gasteiger partial charge in [0.2, 0.25) is 7.07 Å². The van der Waals surface area contributed by atoms with Crippen LogP contribution in [0.15, 0.2) is 84.0 Å². The highest BCUT2D eigenvalue weighted by Gasteiger charge is 2.30. The van der Waals surface area contributed by atoms with E-state index in [0.717, 1.165) is 16.9 Å². The standard InChI is InChI=1S/C23H27N3O5P2S/c1-26(25-17-19-8-12-21(30-2)13-9-19)32(34)31-22-14-10-20(11-15-22)23(33(27,28)29)24-16-18-6-4-3-5-7-18/h3-15,17,23-24,32H,16H2,1-2H3,(H2,27,28,29)/b25-17+. The molecule has 0 aliphatic rings. The van der Waals surface area contributed by atoms with Gasteiger partial charge in [-0.1, -0.05) is 42.5 Å². The van der Waals surface area contributed by atoms with Gasteiger partial charge >= 0.3 is 7.60 Å². The Morgan fingerprint density at radius 1 is 1.06 bits per heavy atom. The summed E-state index contributed by atoms with van der Waals surface area (Å²) >= 11 is 5.47. The van der Waals surface area contributed by atoms with Crippen LogP contribution in [0.4, 0.5) is 0 Å². The fourth-order valence-corrected chi connectivity index (χ4v) is 4.96. The van der Waals surface area contributed by atoms with Gasteiger partial charge in [0, 0.05) is 13.6 Å². The number of methoxy groups -OCH3 is 1. The summed E-state index contributed by atoms with van der Waals surface area (Å²) in [4.78, 5) is 19.7. The van der Waals surface area contributed by atoms with Crippen molar-refractivity contribution >= 4 is 32.7 Å². The van der Waals surface area contributed by atoms with Crippen molar-refractivity contribution in [1.82, 2.24) is 10.1 Å². The number of hydrogen-bond acceptors (Lipinski definition) is 6. The summed E-state index contributed by atoms with van der Waals surface area (Å²) in [7, 11) is -2.97. The molecule has 0 fully saturated rings. The van der Waals surface area contributed by atoms with Crippen LogP contribution >= 0.6 is 14.7 Å². The van der Waals surface area contributed by atoms with Crippen LogP contribution in [0.1, 0.15) is 22.5 Å². The molecule has 3 aromatic rings. The number of ether oxygens (including phenoxy) is 1. The van der Waals surface area contributed by atoms with E-state index in [1.54, 1.807) is 49.4 Å². The average molecular weight is 520 g/mol. The van der Waals surface area contributed by atoms with Gasteiger partial charge in [-0.15, -0.1) is 0 Å². The summed E-state index contributed by atoms with van der Waals surface area (Å²) in [5.74, 6) is 0.139. The molecule has 180 valence electrons. The fourth-order valence-electron chi connectivity index (χ4n) is 3.02. The summed E-state index contributed by atoms with van der Waals surface area (Å²) in [6, 6.07) is 23.4. The van der Waals surface area contributed by atoms with Crippen molar-refractivity contribution in [2.45, 2.75) is 12.3 Å². The van der Waals surface area contributed by atoms with E-state index in [9.17, 15) is 14.4 Å². The van der Waals surface area contributed by atoms with Crippen LogP contribution in [0.3, 0.4) is 0 Å². The van der Waals surface area contributed by atoms with E-state index in [1.165, 1.54) is 0 Å². The van der Waals surface area contributed by atoms with Crippen LogP contribution in [0.5, 0.6) is 11.5 Å². The number of nitrogens with zero attached hydrogens (tertiary/aromatic N) is 2. The second-order valence-corrected chi connectivity index (χ2v) is 11.5. The number of nitrogens with one attached hydrogen (secondary N) is 1. The maximum Gasteiger partial charge on any atom is 0.346 e. The summed E-state index contributed by atoms with van der Waals surface area (Å²) in [5.41, 5.74) is 2.28. The Kier molecular flexibility index (Phi) is 9.42. The Labute approximate surface area is 205 Å². The molecular formula is C23H27N3O5P2S. The van der Waals surface area contributed by atoms with Gasteiger partial charge in [0.25, 0.3) is 0 Å². The van der Waals surface area contributed by atoms with E-state index in [4.69, 9.17) is 21.1 Å². The Bertz CT molecular complexity index is 1160. The molecule has 0 aromatic heterocycles. The summed E-state index contributed by atoms with van der Waals surface area (Å²) in [5, 5.41) is 7.30. The number of benzene rings is 3. The van der Waals surface area contributed by atoms with Crippen molar-refractivity contribution < 1.29 is 23.6 Å². The molecule has 0 saturated carbocycles. The summed E-state index contributed by atoms with van der Waals surface area (Å²) < 4.78 is 24.7. The molecule has 0 spiro atoms. The molecule has 3 N–H and O–H groups in total. The molecule has 3 rings (SSSR count). The zero-order chi connectivity index (χ0) is 24.6. The van der Waals surface area contributed by atoms with E-state index < -0.39 is 20.5 Å². The quantitative estimate of drug-likeness (QED) is 0.193. The highest BCUT2D eigenvalue weighted by atomic mass is 32.4. The normalized spacial score (nSPS) is 13.4. The van der Waals surface area contributed by atoms with Gasteiger partial charge in [0.15, 0.2) is 0 Å². The predicted molar refractivity (Wildman–Crippen MR) is 139 cm³/mol. The Balaban J connectivity index is 1.61. The lowest BCUT2D eigenvalue weighted by Gasteiger charge is -2.21. The summed E-state index contributed by atoms with van der Waals surface area (Å²) in [6.45, 7) is 0.325. The second kappa shape index (κ2) is 12.3. The highest BCUT2D eigenvalue weighted by Crippen LogP contribution is 2.50. The second-order valence-electron chi connectivity index (χ2n) is 7.34. The van der Waals surface area contributed by atoms with Gasteiger partial charge in [0.05, 0.1) is 13.3 Å². The van der Waals surface area contributed by atoms with Crippen LogP contribution in [0.2, 0.25) is 0 Å². The molecule has 2 atom stereocenters. The molecule has 11 heteroatoms. The third kappa shape index (κ3) is 7.77. The molecule has 0 aliphatic carbocycles. The highest BCUT2D eigenvalue weighted by molar-refractivity contribution is 8.02. The van der Waals surface area contributed by atoms with Gasteiger partial charge in [-0.25, -0.2) is 4.78 Å². The Hall–Kier alpha value is -2.51. The molecule has 0 amide bonds. The minimum atomic E-state index is -4.44. The minimum absolute atomic E-state index is 0.325. The lowest BCUT2D eigenvalue weighted by molar-refractivity contribution is 0.347. The van der Waals surface area contributed by atoms with Crippen LogP contribution < -0.4 is 14.6 Å². The topological polar surface area (TPSA) is 104 Å². The Morgan fingerprint density at radius 2 is 1.68 bits per heavy atom. The van der Waals surface area contributed by atoms with Gasteiger partial charge in [-0.2, -0.15) is 5.10 Å². The van der Waals surface area contributed by atoms with Crippen LogP contribution in [0.25, 0.3) is 0 Å². The molecule has 2 unspecified atom stereocenters. The maximum atomic E-state index is 12.1. The first-order valence-electron chi connectivity index (χ1n) is 10.3. The van der Waals surface area contributed by atoms with Crippen molar-refractivity contribution in [3.63, 3.8) is 0 Å². The van der Waals surface area contributed by atoms with Crippen molar-refractivity contribution in [3.8, 4) is 11.5 Å². The van der Waals surface area contributed by atoms with E-state index >= 15 is 0 Å². The molecule has 34 heavy (non-hydrogen) atoms. The van der Waals surface area contributed by atoms with Crippen LogP contribution in [-0.2, 0) is 22.9 Å². The molecule has 0 bridgehead atoms.